The summed E-state index contributed by atoms with van der Waals surface area (Å²) in [6, 6.07) is 17.2. The molecule has 6 nitrogen and oxygen atoms in total. The summed E-state index contributed by atoms with van der Waals surface area (Å²) in [5, 5.41) is 2.25. The second-order valence-electron chi connectivity index (χ2n) is 7.05. The molecule has 0 spiro atoms. The van der Waals surface area contributed by atoms with Crippen LogP contribution in [0.5, 0.6) is 0 Å². The van der Waals surface area contributed by atoms with Crippen LogP contribution >= 0.6 is 23.2 Å². The fourth-order valence-corrected chi connectivity index (χ4v) is 4.27. The predicted octanol–water partition coefficient (Wildman–Crippen LogP) is 4.44. The van der Waals surface area contributed by atoms with E-state index in [4.69, 9.17) is 28.0 Å². The number of aromatic nitrogens is 1. The van der Waals surface area contributed by atoms with Crippen LogP contribution < -0.4 is 9.96 Å². The lowest BCUT2D eigenvalue weighted by Gasteiger charge is -2.28. The maximum absolute atomic E-state index is 13.5. The highest BCUT2D eigenvalue weighted by molar-refractivity contribution is 6.42. The number of para-hydroxylation sites is 1. The van der Waals surface area contributed by atoms with Gasteiger partial charge in [0.25, 0.3) is 5.91 Å². The van der Waals surface area contributed by atoms with Gasteiger partial charge in [0, 0.05) is 12.4 Å². The Hall–Kier alpha value is -2.93. The van der Waals surface area contributed by atoms with Crippen molar-refractivity contribution in [3.8, 4) is 0 Å². The SMILES string of the molecule is O=C1[C@@H]2[C@H](ON(c3ccccc3)[C@H]2c2cccnc2)C(=O)N1c1ccc(Cl)c(Cl)c1. The topological polar surface area (TPSA) is 62.7 Å². The lowest BCUT2D eigenvalue weighted by atomic mass is 9.91. The zero-order chi connectivity index (χ0) is 20.8. The van der Waals surface area contributed by atoms with Gasteiger partial charge < -0.3 is 0 Å². The molecular formula is C22H15Cl2N3O3. The molecule has 2 aromatic carbocycles. The number of pyridine rings is 1. The van der Waals surface area contributed by atoms with Gasteiger partial charge in [0.2, 0.25) is 5.91 Å². The Morgan fingerprint density at radius 3 is 2.37 bits per heavy atom. The van der Waals surface area contributed by atoms with E-state index in [1.165, 1.54) is 6.07 Å². The Morgan fingerprint density at radius 2 is 1.67 bits per heavy atom. The van der Waals surface area contributed by atoms with Crippen LogP contribution in [0.15, 0.2) is 73.1 Å². The molecule has 0 saturated carbocycles. The van der Waals surface area contributed by atoms with E-state index in [9.17, 15) is 9.59 Å². The van der Waals surface area contributed by atoms with Crippen molar-refractivity contribution in [3.63, 3.8) is 0 Å². The van der Waals surface area contributed by atoms with Crippen LogP contribution in [0.4, 0.5) is 11.4 Å². The molecule has 0 bridgehead atoms. The van der Waals surface area contributed by atoms with E-state index in [0.29, 0.717) is 10.7 Å². The normalized spacial score (nSPS) is 23.2. The molecule has 2 saturated heterocycles. The van der Waals surface area contributed by atoms with E-state index < -0.39 is 24.0 Å². The van der Waals surface area contributed by atoms with Crippen LogP contribution in [0.2, 0.25) is 10.0 Å². The maximum Gasteiger partial charge on any atom is 0.266 e. The molecule has 2 amide bonds. The second-order valence-corrected chi connectivity index (χ2v) is 7.87. The number of anilines is 2. The number of hydrogen-bond acceptors (Lipinski definition) is 5. The van der Waals surface area contributed by atoms with Gasteiger partial charge in [0.05, 0.1) is 27.5 Å². The average Bonchev–Trinajstić information content (AvgIpc) is 3.28. The molecule has 2 aliphatic rings. The summed E-state index contributed by atoms with van der Waals surface area (Å²) in [4.78, 5) is 38.0. The van der Waals surface area contributed by atoms with Crippen molar-refractivity contribution in [2.45, 2.75) is 12.1 Å². The molecule has 3 heterocycles. The zero-order valence-electron chi connectivity index (χ0n) is 15.5. The number of carbonyl (C=O) groups is 2. The quantitative estimate of drug-likeness (QED) is 0.564. The van der Waals surface area contributed by atoms with Crippen molar-refractivity contribution in [2.24, 2.45) is 5.92 Å². The summed E-state index contributed by atoms with van der Waals surface area (Å²) in [5.41, 5.74) is 1.90. The molecule has 3 aromatic rings. The van der Waals surface area contributed by atoms with Gasteiger partial charge in [-0.2, -0.15) is 0 Å². The molecule has 8 heteroatoms. The predicted molar refractivity (Wildman–Crippen MR) is 113 cm³/mol. The van der Waals surface area contributed by atoms with Gasteiger partial charge in [-0.05, 0) is 42.0 Å². The third-order valence-corrected chi connectivity index (χ3v) is 6.05. The molecule has 0 aliphatic carbocycles. The highest BCUT2D eigenvalue weighted by Crippen LogP contribution is 2.47. The largest absolute Gasteiger partial charge is 0.273 e. The number of amides is 2. The number of carbonyl (C=O) groups excluding carboxylic acids is 2. The number of imide groups is 1. The van der Waals surface area contributed by atoms with Gasteiger partial charge in [-0.1, -0.05) is 47.5 Å². The van der Waals surface area contributed by atoms with Gasteiger partial charge >= 0.3 is 0 Å². The number of hydroxylamine groups is 1. The fourth-order valence-electron chi connectivity index (χ4n) is 3.98. The second kappa shape index (κ2) is 7.40. The molecule has 3 atom stereocenters. The Kier molecular flexibility index (Phi) is 4.70. The molecule has 30 heavy (non-hydrogen) atoms. The Morgan fingerprint density at radius 1 is 0.867 bits per heavy atom. The Bertz CT molecular complexity index is 1130. The highest BCUT2D eigenvalue weighted by Gasteiger charge is 2.60. The summed E-state index contributed by atoms with van der Waals surface area (Å²) in [7, 11) is 0. The molecule has 1 aromatic heterocycles. The average molecular weight is 440 g/mol. The van der Waals surface area contributed by atoms with Crippen molar-refractivity contribution in [2.75, 3.05) is 9.96 Å². The van der Waals surface area contributed by atoms with Crippen LogP contribution in [0.3, 0.4) is 0 Å². The Labute approximate surface area is 182 Å². The maximum atomic E-state index is 13.5. The van der Waals surface area contributed by atoms with Gasteiger partial charge in [0.1, 0.15) is 5.92 Å². The van der Waals surface area contributed by atoms with Gasteiger partial charge in [0.15, 0.2) is 6.10 Å². The smallest absolute Gasteiger partial charge is 0.266 e. The first-order valence-electron chi connectivity index (χ1n) is 9.30. The molecule has 150 valence electrons. The van der Waals surface area contributed by atoms with E-state index in [-0.39, 0.29) is 10.9 Å². The minimum atomic E-state index is -0.947. The van der Waals surface area contributed by atoms with Crippen LogP contribution in [-0.4, -0.2) is 22.9 Å². The van der Waals surface area contributed by atoms with Gasteiger partial charge in [-0.25, -0.2) is 9.96 Å². The van der Waals surface area contributed by atoms with Crippen molar-refractivity contribution < 1.29 is 14.4 Å². The first-order chi connectivity index (χ1) is 14.6. The molecular weight excluding hydrogens is 425 g/mol. The number of hydrogen-bond donors (Lipinski definition) is 0. The van der Waals surface area contributed by atoms with Gasteiger partial charge in [-0.3, -0.25) is 19.4 Å². The summed E-state index contributed by atoms with van der Waals surface area (Å²) in [5.74, 6) is -1.51. The van der Waals surface area contributed by atoms with Gasteiger partial charge in [-0.15, -0.1) is 0 Å². The van der Waals surface area contributed by atoms with Crippen molar-refractivity contribution >= 4 is 46.4 Å². The van der Waals surface area contributed by atoms with Crippen LogP contribution in [0.25, 0.3) is 0 Å². The Balaban J connectivity index is 1.58. The number of benzene rings is 2. The molecule has 2 aliphatic heterocycles. The fraction of sp³-hybridized carbons (Fsp3) is 0.136. The van der Waals surface area contributed by atoms with Crippen molar-refractivity contribution in [3.05, 3.63) is 88.7 Å². The number of fused-ring (bicyclic) bond motifs is 1. The third-order valence-electron chi connectivity index (χ3n) is 5.31. The summed E-state index contributed by atoms with van der Waals surface area (Å²) < 4.78 is 0. The van der Waals surface area contributed by atoms with Crippen LogP contribution in [0.1, 0.15) is 11.6 Å². The monoisotopic (exact) mass is 439 g/mol. The number of nitrogens with zero attached hydrogens (tertiary/aromatic N) is 3. The summed E-state index contributed by atoms with van der Waals surface area (Å²) >= 11 is 12.1. The van der Waals surface area contributed by atoms with E-state index in [1.54, 1.807) is 35.7 Å². The van der Waals surface area contributed by atoms with E-state index in [0.717, 1.165) is 16.2 Å². The number of rotatable bonds is 3. The van der Waals surface area contributed by atoms with Crippen molar-refractivity contribution in [1.82, 2.24) is 4.98 Å². The molecule has 2 fully saturated rings. The van der Waals surface area contributed by atoms with Crippen LogP contribution in [0, 0.1) is 5.92 Å². The van der Waals surface area contributed by atoms with E-state index in [1.807, 2.05) is 36.4 Å². The minimum absolute atomic E-state index is 0.266. The third kappa shape index (κ3) is 2.96. The summed E-state index contributed by atoms with van der Waals surface area (Å²) in [6.07, 6.45) is 2.40. The van der Waals surface area contributed by atoms with E-state index in [2.05, 4.69) is 4.98 Å². The number of halogens is 2. The molecule has 0 radical (unpaired) electrons. The van der Waals surface area contributed by atoms with Crippen LogP contribution in [-0.2, 0) is 14.4 Å². The van der Waals surface area contributed by atoms with E-state index >= 15 is 0 Å². The highest BCUT2D eigenvalue weighted by atomic mass is 35.5. The van der Waals surface area contributed by atoms with Crippen molar-refractivity contribution in [1.29, 1.82) is 0 Å². The first kappa shape index (κ1) is 19.1. The summed E-state index contributed by atoms with van der Waals surface area (Å²) in [6.45, 7) is 0. The minimum Gasteiger partial charge on any atom is -0.273 e. The molecule has 0 unspecified atom stereocenters. The molecule has 0 N–H and O–H groups in total. The zero-order valence-corrected chi connectivity index (χ0v) is 17.0. The lowest BCUT2D eigenvalue weighted by molar-refractivity contribution is -0.126. The standard InChI is InChI=1S/C22H15Cl2N3O3/c23-16-9-8-15(11-17(16)24)26-21(28)18-19(13-5-4-10-25-12-13)27(30-20(18)22(26)29)14-6-2-1-3-7-14/h1-12,18-20H/t18-,19-,20-/m0/s1. The first-order valence-corrected chi connectivity index (χ1v) is 10.1. The lowest BCUT2D eigenvalue weighted by Crippen LogP contribution is -2.37. The molecule has 5 rings (SSSR count).